The molecule has 0 atom stereocenters. The van der Waals surface area contributed by atoms with E-state index in [4.69, 9.17) is 16.3 Å². The van der Waals surface area contributed by atoms with E-state index >= 15 is 0 Å². The molecule has 1 heterocycles. The molecule has 2 rings (SSSR count). The molecule has 0 aromatic heterocycles. The van der Waals surface area contributed by atoms with Crippen LogP contribution in [0.4, 0.5) is 0 Å². The summed E-state index contributed by atoms with van der Waals surface area (Å²) in [6, 6.07) is 6.03. The minimum atomic E-state index is 0.0372. The summed E-state index contributed by atoms with van der Waals surface area (Å²) in [4.78, 5) is 13.9. The molecule has 1 aliphatic heterocycles. The molecule has 1 aromatic rings. The summed E-state index contributed by atoms with van der Waals surface area (Å²) in [6.07, 6.45) is 2.17. The average Bonchev–Trinajstić information content (AvgIpc) is 2.98. The van der Waals surface area contributed by atoms with Crippen molar-refractivity contribution in [2.24, 2.45) is 0 Å². The summed E-state index contributed by atoms with van der Waals surface area (Å²) in [5.74, 6) is 0.648. The molecule has 21 heavy (non-hydrogen) atoms. The van der Waals surface area contributed by atoms with Gasteiger partial charge in [-0.2, -0.15) is 0 Å². The molecule has 0 radical (unpaired) electrons. The van der Waals surface area contributed by atoms with Gasteiger partial charge in [-0.05, 0) is 18.9 Å². The van der Waals surface area contributed by atoms with Crippen molar-refractivity contribution < 1.29 is 9.53 Å². The zero-order valence-corrected chi connectivity index (χ0v) is 13.4. The van der Waals surface area contributed by atoms with Crippen LogP contribution < -0.4 is 10.1 Å². The van der Waals surface area contributed by atoms with Gasteiger partial charge < -0.3 is 15.0 Å². The summed E-state index contributed by atoms with van der Waals surface area (Å²) in [7, 11) is 0. The van der Waals surface area contributed by atoms with Gasteiger partial charge in [0.1, 0.15) is 5.75 Å². The van der Waals surface area contributed by atoms with Crippen molar-refractivity contribution in [2.45, 2.75) is 39.3 Å². The molecule has 4 nitrogen and oxygen atoms in total. The standard InChI is InChI=1S/C16H23ClN2O2/c1-12(2)18-10-13-6-5-7-14(17)16(13)21-11-15(20)19-8-3-4-9-19/h5-7,12,18H,3-4,8-11H2,1-2H3. The molecule has 5 heteroatoms. The van der Waals surface area contributed by atoms with Crippen LogP contribution in [-0.4, -0.2) is 36.5 Å². The highest BCUT2D eigenvalue weighted by atomic mass is 35.5. The maximum atomic E-state index is 12.0. The maximum Gasteiger partial charge on any atom is 0.260 e. The molecule has 1 fully saturated rings. The molecule has 116 valence electrons. The maximum absolute atomic E-state index is 12.0. The predicted molar refractivity (Wildman–Crippen MR) is 84.7 cm³/mol. The highest BCUT2D eigenvalue weighted by molar-refractivity contribution is 6.32. The van der Waals surface area contributed by atoms with Crippen LogP contribution in [0.25, 0.3) is 0 Å². The fourth-order valence-electron chi connectivity index (χ4n) is 2.36. The van der Waals surface area contributed by atoms with Gasteiger partial charge in [-0.1, -0.05) is 37.6 Å². The Labute approximate surface area is 131 Å². The van der Waals surface area contributed by atoms with Gasteiger partial charge in [0.05, 0.1) is 5.02 Å². The minimum Gasteiger partial charge on any atom is -0.482 e. The van der Waals surface area contributed by atoms with Crippen LogP contribution >= 0.6 is 11.6 Å². The molecule has 0 saturated carbocycles. The lowest BCUT2D eigenvalue weighted by atomic mass is 10.2. The number of nitrogens with one attached hydrogen (secondary N) is 1. The molecule has 0 unspecified atom stereocenters. The molecule has 1 aliphatic rings. The topological polar surface area (TPSA) is 41.6 Å². The fraction of sp³-hybridized carbons (Fsp3) is 0.562. The molecule has 0 spiro atoms. The zero-order chi connectivity index (χ0) is 15.2. The van der Waals surface area contributed by atoms with Gasteiger partial charge in [-0.3, -0.25) is 4.79 Å². The van der Waals surface area contributed by atoms with Crippen LogP contribution in [0, 0.1) is 0 Å². The second-order valence-corrected chi connectivity index (χ2v) is 6.05. The third-order valence-electron chi connectivity index (χ3n) is 3.55. The zero-order valence-electron chi connectivity index (χ0n) is 12.7. The van der Waals surface area contributed by atoms with E-state index in [2.05, 4.69) is 19.2 Å². The second kappa shape index (κ2) is 7.66. The minimum absolute atomic E-state index is 0.0372. The number of carbonyl (C=O) groups excluding carboxylic acids is 1. The van der Waals surface area contributed by atoms with Crippen LogP contribution in [0.1, 0.15) is 32.3 Å². The predicted octanol–water partition coefficient (Wildman–Crippen LogP) is 2.84. The number of hydrogen-bond acceptors (Lipinski definition) is 3. The summed E-state index contributed by atoms with van der Waals surface area (Å²) in [5, 5.41) is 3.89. The third kappa shape index (κ3) is 4.61. The first-order valence-corrected chi connectivity index (χ1v) is 7.87. The van der Waals surface area contributed by atoms with Gasteiger partial charge in [0.25, 0.3) is 5.91 Å². The smallest absolute Gasteiger partial charge is 0.260 e. The summed E-state index contributed by atoms with van der Waals surface area (Å²) < 4.78 is 5.71. The molecule has 1 aromatic carbocycles. The Bertz CT molecular complexity index is 485. The molecule has 1 amide bonds. The van der Waals surface area contributed by atoms with Crippen molar-refractivity contribution in [2.75, 3.05) is 19.7 Å². The van der Waals surface area contributed by atoms with E-state index in [1.165, 1.54) is 0 Å². The first kappa shape index (κ1) is 16.1. The summed E-state index contributed by atoms with van der Waals surface area (Å²) in [6.45, 7) is 6.58. The van der Waals surface area contributed by atoms with Crippen molar-refractivity contribution in [1.29, 1.82) is 0 Å². The largest absolute Gasteiger partial charge is 0.482 e. The van der Waals surface area contributed by atoms with Crippen molar-refractivity contribution in [3.8, 4) is 5.75 Å². The number of hydrogen-bond donors (Lipinski definition) is 1. The van der Waals surface area contributed by atoms with Crippen molar-refractivity contribution in [3.63, 3.8) is 0 Å². The van der Waals surface area contributed by atoms with E-state index in [9.17, 15) is 4.79 Å². The Balaban J connectivity index is 1.99. The number of rotatable bonds is 6. The number of para-hydroxylation sites is 1. The number of nitrogens with zero attached hydrogens (tertiary/aromatic N) is 1. The van der Waals surface area contributed by atoms with Gasteiger partial charge in [0.15, 0.2) is 6.61 Å². The Hall–Kier alpha value is -1.26. The second-order valence-electron chi connectivity index (χ2n) is 5.64. The van der Waals surface area contributed by atoms with E-state index in [1.807, 2.05) is 17.0 Å². The lowest BCUT2D eigenvalue weighted by molar-refractivity contribution is -0.132. The first-order valence-electron chi connectivity index (χ1n) is 7.49. The van der Waals surface area contributed by atoms with Gasteiger partial charge in [-0.25, -0.2) is 0 Å². The lowest BCUT2D eigenvalue weighted by Gasteiger charge is -2.18. The third-order valence-corrected chi connectivity index (χ3v) is 3.85. The van der Waals surface area contributed by atoms with E-state index in [-0.39, 0.29) is 12.5 Å². The van der Waals surface area contributed by atoms with Gasteiger partial charge in [-0.15, -0.1) is 0 Å². The number of halogens is 1. The van der Waals surface area contributed by atoms with Crippen LogP contribution in [0.3, 0.4) is 0 Å². The molecular weight excluding hydrogens is 288 g/mol. The van der Waals surface area contributed by atoms with E-state index < -0.39 is 0 Å². The van der Waals surface area contributed by atoms with Crippen molar-refractivity contribution >= 4 is 17.5 Å². The Morgan fingerprint density at radius 2 is 2.10 bits per heavy atom. The number of amides is 1. The SMILES string of the molecule is CC(C)NCc1cccc(Cl)c1OCC(=O)N1CCCC1. The monoisotopic (exact) mass is 310 g/mol. The molecule has 0 bridgehead atoms. The van der Waals surface area contributed by atoms with E-state index in [0.29, 0.717) is 23.4 Å². The summed E-state index contributed by atoms with van der Waals surface area (Å²) in [5.41, 5.74) is 0.977. The van der Waals surface area contributed by atoms with Crippen molar-refractivity contribution in [3.05, 3.63) is 28.8 Å². The number of ether oxygens (including phenoxy) is 1. The van der Waals surface area contributed by atoms with Gasteiger partial charge in [0.2, 0.25) is 0 Å². The summed E-state index contributed by atoms with van der Waals surface area (Å²) >= 11 is 6.21. The number of likely N-dealkylation sites (tertiary alicyclic amines) is 1. The normalized spacial score (nSPS) is 14.8. The quantitative estimate of drug-likeness (QED) is 0.878. The lowest BCUT2D eigenvalue weighted by Crippen LogP contribution is -2.32. The van der Waals surface area contributed by atoms with Crippen LogP contribution in [0.15, 0.2) is 18.2 Å². The number of benzene rings is 1. The average molecular weight is 311 g/mol. The van der Waals surface area contributed by atoms with E-state index in [1.54, 1.807) is 6.07 Å². The molecule has 0 aliphatic carbocycles. The number of carbonyl (C=O) groups is 1. The molecule has 1 saturated heterocycles. The molecule has 1 N–H and O–H groups in total. The Kier molecular flexibility index (Phi) is 5.88. The van der Waals surface area contributed by atoms with Crippen LogP contribution in [0.5, 0.6) is 5.75 Å². The highest BCUT2D eigenvalue weighted by Crippen LogP contribution is 2.28. The van der Waals surface area contributed by atoms with Crippen LogP contribution in [-0.2, 0) is 11.3 Å². The van der Waals surface area contributed by atoms with Crippen molar-refractivity contribution in [1.82, 2.24) is 10.2 Å². The van der Waals surface area contributed by atoms with E-state index in [0.717, 1.165) is 31.5 Å². The van der Waals surface area contributed by atoms with Gasteiger partial charge in [0, 0.05) is 31.2 Å². The van der Waals surface area contributed by atoms with Gasteiger partial charge >= 0.3 is 0 Å². The Morgan fingerprint density at radius 3 is 2.76 bits per heavy atom. The fourth-order valence-corrected chi connectivity index (χ4v) is 2.61. The van der Waals surface area contributed by atoms with Crippen LogP contribution in [0.2, 0.25) is 5.02 Å². The first-order chi connectivity index (χ1) is 10.1. The highest BCUT2D eigenvalue weighted by Gasteiger charge is 2.19. The molecular formula is C16H23ClN2O2. The Morgan fingerprint density at radius 1 is 1.38 bits per heavy atom.